The molecule has 0 bridgehead atoms. The molecule has 94 valence electrons. The molecule has 2 nitrogen and oxygen atoms in total. The van der Waals surface area contributed by atoms with Crippen molar-refractivity contribution in [3.63, 3.8) is 0 Å². The molecule has 0 unspecified atom stereocenters. The quantitative estimate of drug-likeness (QED) is 0.811. The highest BCUT2D eigenvalue weighted by atomic mass is 15.1. The number of nitrogens with one attached hydrogen (secondary N) is 1. The topological polar surface area (TPSA) is 15.3 Å². The second-order valence-electron chi connectivity index (χ2n) is 4.92. The first-order valence-electron chi connectivity index (χ1n) is 6.79. The standard InChI is InChI=1S/C15H24N2/c1-4-17(5-2)14-8-6-12(7-9-14)15-10-13(15)11-16-3/h6-9,13,15-16H,4-5,10-11H2,1-3H3/t13-,15+/m1/s1. The molecule has 1 fully saturated rings. The maximum Gasteiger partial charge on any atom is 0.0366 e. The molecule has 17 heavy (non-hydrogen) atoms. The molecule has 2 atom stereocenters. The predicted molar refractivity (Wildman–Crippen MR) is 74.8 cm³/mol. The van der Waals surface area contributed by atoms with Crippen molar-refractivity contribution in [2.24, 2.45) is 5.92 Å². The molecule has 0 aromatic heterocycles. The van der Waals surface area contributed by atoms with E-state index in [0.29, 0.717) is 0 Å². The minimum atomic E-state index is 0.799. The summed E-state index contributed by atoms with van der Waals surface area (Å²) in [4.78, 5) is 2.39. The SMILES string of the molecule is CCN(CC)c1ccc([C@@H]2C[C@@H]2CNC)cc1. The van der Waals surface area contributed by atoms with Crippen LogP contribution in [0, 0.1) is 5.92 Å². The van der Waals surface area contributed by atoms with Gasteiger partial charge >= 0.3 is 0 Å². The normalized spacial score (nSPS) is 22.5. The van der Waals surface area contributed by atoms with E-state index in [1.807, 2.05) is 7.05 Å². The number of rotatable bonds is 6. The Labute approximate surface area is 105 Å². The maximum atomic E-state index is 3.27. The second-order valence-corrected chi connectivity index (χ2v) is 4.92. The van der Waals surface area contributed by atoms with Crippen LogP contribution in [0.1, 0.15) is 31.7 Å². The van der Waals surface area contributed by atoms with Crippen molar-refractivity contribution < 1.29 is 0 Å². The van der Waals surface area contributed by atoms with Crippen molar-refractivity contribution in [2.75, 3.05) is 31.6 Å². The molecule has 0 spiro atoms. The van der Waals surface area contributed by atoms with E-state index in [4.69, 9.17) is 0 Å². The molecule has 1 aromatic carbocycles. The third-order valence-corrected chi connectivity index (χ3v) is 3.84. The zero-order valence-corrected chi connectivity index (χ0v) is 11.2. The summed E-state index contributed by atoms with van der Waals surface area (Å²) in [5, 5.41) is 3.27. The summed E-state index contributed by atoms with van der Waals surface area (Å²) >= 11 is 0. The van der Waals surface area contributed by atoms with Crippen LogP contribution < -0.4 is 10.2 Å². The fraction of sp³-hybridized carbons (Fsp3) is 0.600. The van der Waals surface area contributed by atoms with Gasteiger partial charge < -0.3 is 10.2 Å². The van der Waals surface area contributed by atoms with Crippen molar-refractivity contribution in [3.05, 3.63) is 29.8 Å². The smallest absolute Gasteiger partial charge is 0.0366 e. The molecule has 2 rings (SSSR count). The fourth-order valence-corrected chi connectivity index (χ4v) is 2.66. The Bertz CT molecular complexity index is 340. The molecular formula is C15H24N2. The average Bonchev–Trinajstić information content (AvgIpc) is 3.11. The molecule has 1 aliphatic rings. The van der Waals surface area contributed by atoms with Gasteiger partial charge in [0, 0.05) is 18.8 Å². The molecule has 1 saturated carbocycles. The van der Waals surface area contributed by atoms with Gasteiger partial charge in [0.05, 0.1) is 0 Å². The summed E-state index contributed by atoms with van der Waals surface area (Å²) in [5.74, 6) is 1.66. The number of nitrogens with zero attached hydrogens (tertiary/aromatic N) is 1. The number of hydrogen-bond donors (Lipinski definition) is 1. The van der Waals surface area contributed by atoms with Gasteiger partial charge in [-0.2, -0.15) is 0 Å². The lowest BCUT2D eigenvalue weighted by Gasteiger charge is -2.21. The number of anilines is 1. The van der Waals surface area contributed by atoms with Crippen molar-refractivity contribution in [1.29, 1.82) is 0 Å². The van der Waals surface area contributed by atoms with Crippen LogP contribution in [0.2, 0.25) is 0 Å². The average molecular weight is 232 g/mol. The number of hydrogen-bond acceptors (Lipinski definition) is 2. The van der Waals surface area contributed by atoms with Crippen LogP contribution in [0.25, 0.3) is 0 Å². The van der Waals surface area contributed by atoms with Crippen LogP contribution in [0.15, 0.2) is 24.3 Å². The Balaban J connectivity index is 1.99. The van der Waals surface area contributed by atoms with E-state index in [1.165, 1.54) is 17.7 Å². The van der Waals surface area contributed by atoms with Crippen molar-refractivity contribution >= 4 is 5.69 Å². The summed E-state index contributed by atoms with van der Waals surface area (Å²) < 4.78 is 0. The summed E-state index contributed by atoms with van der Waals surface area (Å²) in [6.07, 6.45) is 1.35. The van der Waals surface area contributed by atoms with Crippen molar-refractivity contribution in [3.8, 4) is 0 Å². The Hall–Kier alpha value is -1.02. The minimum Gasteiger partial charge on any atom is -0.372 e. The first-order chi connectivity index (χ1) is 8.30. The summed E-state index contributed by atoms with van der Waals surface area (Å²) in [7, 11) is 2.04. The first kappa shape index (κ1) is 12.4. The van der Waals surface area contributed by atoms with Crippen molar-refractivity contribution in [2.45, 2.75) is 26.2 Å². The van der Waals surface area contributed by atoms with Gasteiger partial charge in [0.15, 0.2) is 0 Å². The third kappa shape index (κ3) is 2.81. The van der Waals surface area contributed by atoms with Gasteiger partial charge in [-0.05, 0) is 63.4 Å². The van der Waals surface area contributed by atoms with Crippen LogP contribution in [-0.4, -0.2) is 26.7 Å². The van der Waals surface area contributed by atoms with Gasteiger partial charge in [-0.3, -0.25) is 0 Å². The monoisotopic (exact) mass is 232 g/mol. The Kier molecular flexibility index (Phi) is 4.06. The van der Waals surface area contributed by atoms with Gasteiger partial charge in [-0.1, -0.05) is 12.1 Å². The molecule has 0 amide bonds. The van der Waals surface area contributed by atoms with E-state index >= 15 is 0 Å². The summed E-state index contributed by atoms with van der Waals surface area (Å²) in [6, 6.07) is 9.18. The molecule has 0 heterocycles. The van der Waals surface area contributed by atoms with E-state index in [0.717, 1.165) is 31.5 Å². The lowest BCUT2D eigenvalue weighted by Crippen LogP contribution is -2.21. The van der Waals surface area contributed by atoms with Crippen LogP contribution in [-0.2, 0) is 0 Å². The highest BCUT2D eigenvalue weighted by Crippen LogP contribution is 2.47. The summed E-state index contributed by atoms with van der Waals surface area (Å²) in [5.41, 5.74) is 2.87. The maximum absolute atomic E-state index is 3.27. The Morgan fingerprint density at radius 3 is 2.35 bits per heavy atom. The molecule has 1 aromatic rings. The van der Waals surface area contributed by atoms with Gasteiger partial charge in [0.1, 0.15) is 0 Å². The highest BCUT2D eigenvalue weighted by molar-refractivity contribution is 5.48. The van der Waals surface area contributed by atoms with Crippen LogP contribution in [0.4, 0.5) is 5.69 Å². The fourth-order valence-electron chi connectivity index (χ4n) is 2.66. The van der Waals surface area contributed by atoms with Crippen molar-refractivity contribution in [1.82, 2.24) is 5.32 Å². The van der Waals surface area contributed by atoms with Crippen LogP contribution >= 0.6 is 0 Å². The van der Waals surface area contributed by atoms with Gasteiger partial charge in [-0.25, -0.2) is 0 Å². The van der Waals surface area contributed by atoms with E-state index < -0.39 is 0 Å². The molecule has 1 N–H and O–H groups in total. The second kappa shape index (κ2) is 5.54. The molecular weight excluding hydrogens is 208 g/mol. The number of benzene rings is 1. The van der Waals surface area contributed by atoms with E-state index in [2.05, 4.69) is 48.3 Å². The highest BCUT2D eigenvalue weighted by Gasteiger charge is 2.37. The zero-order chi connectivity index (χ0) is 12.3. The van der Waals surface area contributed by atoms with E-state index in [9.17, 15) is 0 Å². The lowest BCUT2D eigenvalue weighted by molar-refractivity contribution is 0.698. The summed E-state index contributed by atoms with van der Waals surface area (Å²) in [6.45, 7) is 7.74. The molecule has 1 aliphatic carbocycles. The predicted octanol–water partition coefficient (Wildman–Crippen LogP) is 2.86. The first-order valence-corrected chi connectivity index (χ1v) is 6.79. The van der Waals surface area contributed by atoms with Crippen LogP contribution in [0.5, 0.6) is 0 Å². The van der Waals surface area contributed by atoms with Gasteiger partial charge in [0.2, 0.25) is 0 Å². The van der Waals surface area contributed by atoms with E-state index in [-0.39, 0.29) is 0 Å². The lowest BCUT2D eigenvalue weighted by atomic mass is 10.1. The minimum absolute atomic E-state index is 0.799. The molecule has 0 radical (unpaired) electrons. The third-order valence-electron chi connectivity index (χ3n) is 3.84. The largest absolute Gasteiger partial charge is 0.372 e. The Morgan fingerprint density at radius 2 is 1.82 bits per heavy atom. The molecule has 2 heteroatoms. The zero-order valence-electron chi connectivity index (χ0n) is 11.2. The van der Waals surface area contributed by atoms with Gasteiger partial charge in [-0.15, -0.1) is 0 Å². The van der Waals surface area contributed by atoms with Crippen LogP contribution in [0.3, 0.4) is 0 Å². The van der Waals surface area contributed by atoms with E-state index in [1.54, 1.807) is 0 Å². The molecule has 0 aliphatic heterocycles. The molecule has 0 saturated heterocycles. The Morgan fingerprint density at radius 1 is 1.18 bits per heavy atom. The van der Waals surface area contributed by atoms with Gasteiger partial charge in [0.25, 0.3) is 0 Å².